The lowest BCUT2D eigenvalue weighted by atomic mass is 10.5. The summed E-state index contributed by atoms with van der Waals surface area (Å²) in [4.78, 5) is 0. The van der Waals surface area contributed by atoms with Crippen LogP contribution >= 0.6 is 0 Å². The first-order valence-corrected chi connectivity index (χ1v) is 6.82. The van der Waals surface area contributed by atoms with E-state index in [2.05, 4.69) is 10.2 Å². The van der Waals surface area contributed by atoms with Crippen LogP contribution in [0, 0.1) is 0 Å². The Morgan fingerprint density at radius 1 is 0.905 bits per heavy atom. The number of aryl methyl sites for hydroxylation is 2. The van der Waals surface area contributed by atoms with Crippen LogP contribution in [-0.2, 0) is 23.5 Å². The van der Waals surface area contributed by atoms with Gasteiger partial charge in [0, 0.05) is 0 Å². The molecule has 0 radical (unpaired) electrons. The standard InChI is InChI=1S/C8H14N8.H2O4S/c9-5-3-13-15(7(5)11)1-2-16-8(12)6(10)4-14-16;1-5(2,3)4/h3-4H,1-2,9-12H2;(H2,1,2,3,4). The molecule has 0 bridgehead atoms. The lowest BCUT2D eigenvalue weighted by molar-refractivity contribution is 0.381. The van der Waals surface area contributed by atoms with Crippen LogP contribution in [0.4, 0.5) is 23.0 Å². The van der Waals surface area contributed by atoms with Gasteiger partial charge in [-0.05, 0) is 0 Å². The molecular formula is C8H16N8O4S. The van der Waals surface area contributed by atoms with E-state index in [1.807, 2.05) is 0 Å². The highest BCUT2D eigenvalue weighted by molar-refractivity contribution is 7.79. The fraction of sp³-hybridized carbons (Fsp3) is 0.250. The molecule has 0 unspecified atom stereocenters. The number of nitrogens with zero attached hydrogens (tertiary/aromatic N) is 4. The second-order valence-corrected chi connectivity index (χ2v) is 4.76. The molecule has 0 saturated carbocycles. The van der Waals surface area contributed by atoms with Crippen molar-refractivity contribution in [3.63, 3.8) is 0 Å². The van der Waals surface area contributed by atoms with E-state index in [9.17, 15) is 0 Å². The Morgan fingerprint density at radius 3 is 1.38 bits per heavy atom. The predicted octanol–water partition coefficient (Wildman–Crippen LogP) is -1.54. The van der Waals surface area contributed by atoms with Gasteiger partial charge < -0.3 is 22.9 Å². The zero-order valence-electron chi connectivity index (χ0n) is 10.8. The summed E-state index contributed by atoms with van der Waals surface area (Å²) in [7, 11) is -4.67. The number of anilines is 4. The summed E-state index contributed by atoms with van der Waals surface area (Å²) in [5.41, 5.74) is 23.5. The average Bonchev–Trinajstić information content (AvgIpc) is 2.83. The molecule has 13 heteroatoms. The molecule has 2 rings (SSSR count). The molecular weight excluding hydrogens is 304 g/mol. The quantitative estimate of drug-likeness (QED) is 0.358. The fourth-order valence-electron chi connectivity index (χ4n) is 1.36. The van der Waals surface area contributed by atoms with Crippen molar-refractivity contribution in [2.24, 2.45) is 0 Å². The minimum Gasteiger partial charge on any atom is -0.394 e. The molecule has 0 atom stereocenters. The topological polar surface area (TPSA) is 214 Å². The maximum absolute atomic E-state index is 8.74. The van der Waals surface area contributed by atoms with E-state index in [0.29, 0.717) is 36.1 Å². The minimum atomic E-state index is -4.67. The molecule has 0 aliphatic heterocycles. The zero-order chi connectivity index (χ0) is 16.2. The minimum absolute atomic E-state index is 0.443. The van der Waals surface area contributed by atoms with E-state index in [-0.39, 0.29) is 0 Å². The number of aromatic nitrogens is 4. The third-order valence-corrected chi connectivity index (χ3v) is 2.34. The van der Waals surface area contributed by atoms with E-state index in [4.69, 9.17) is 40.5 Å². The Hall–Kier alpha value is -2.51. The summed E-state index contributed by atoms with van der Waals surface area (Å²) in [5, 5.41) is 8.04. The molecule has 0 amide bonds. The number of rotatable bonds is 3. The van der Waals surface area contributed by atoms with Gasteiger partial charge in [-0.1, -0.05) is 0 Å². The van der Waals surface area contributed by atoms with Gasteiger partial charge in [0.25, 0.3) is 0 Å². The molecule has 0 aromatic carbocycles. The molecule has 0 saturated heterocycles. The predicted molar refractivity (Wildman–Crippen MR) is 76.3 cm³/mol. The van der Waals surface area contributed by atoms with Crippen molar-refractivity contribution in [1.29, 1.82) is 0 Å². The SMILES string of the molecule is Nc1cnn(CCn2ncc(N)c2N)c1N.O=S(=O)(O)O. The van der Waals surface area contributed by atoms with E-state index >= 15 is 0 Å². The summed E-state index contributed by atoms with van der Waals surface area (Å²) in [5.74, 6) is 0.886. The van der Waals surface area contributed by atoms with Crippen molar-refractivity contribution in [2.45, 2.75) is 13.1 Å². The second-order valence-electron chi connectivity index (χ2n) is 3.86. The summed E-state index contributed by atoms with van der Waals surface area (Å²) in [6, 6.07) is 0. The Balaban J connectivity index is 0.000000383. The van der Waals surface area contributed by atoms with Crippen molar-refractivity contribution < 1.29 is 17.5 Å². The molecule has 0 aliphatic carbocycles. The van der Waals surface area contributed by atoms with Crippen molar-refractivity contribution in [1.82, 2.24) is 19.6 Å². The fourth-order valence-corrected chi connectivity index (χ4v) is 1.36. The molecule has 2 heterocycles. The van der Waals surface area contributed by atoms with E-state index in [1.54, 1.807) is 9.36 Å². The summed E-state index contributed by atoms with van der Waals surface area (Å²) < 4.78 is 34.8. The first kappa shape index (κ1) is 16.5. The largest absolute Gasteiger partial charge is 0.394 e. The molecule has 0 fully saturated rings. The maximum atomic E-state index is 8.74. The highest BCUT2D eigenvalue weighted by Crippen LogP contribution is 2.15. The van der Waals surface area contributed by atoms with Crippen LogP contribution in [0.3, 0.4) is 0 Å². The second kappa shape index (κ2) is 6.29. The Morgan fingerprint density at radius 2 is 1.19 bits per heavy atom. The van der Waals surface area contributed by atoms with Crippen LogP contribution in [-0.4, -0.2) is 37.1 Å². The molecule has 0 spiro atoms. The van der Waals surface area contributed by atoms with Gasteiger partial charge in [-0.3, -0.25) is 9.11 Å². The first-order valence-electron chi connectivity index (χ1n) is 5.43. The lowest BCUT2D eigenvalue weighted by Crippen LogP contribution is -2.13. The smallest absolute Gasteiger partial charge is 0.394 e. The van der Waals surface area contributed by atoms with Gasteiger partial charge in [-0.2, -0.15) is 18.6 Å². The normalized spacial score (nSPS) is 11.0. The molecule has 21 heavy (non-hydrogen) atoms. The van der Waals surface area contributed by atoms with E-state index in [0.717, 1.165) is 0 Å². The molecule has 118 valence electrons. The monoisotopic (exact) mass is 320 g/mol. The first-order chi connectivity index (χ1) is 9.59. The van der Waals surface area contributed by atoms with Crippen LogP contribution in [0.5, 0.6) is 0 Å². The number of nitrogens with two attached hydrogens (primary N) is 4. The summed E-state index contributed by atoms with van der Waals surface area (Å²) in [6.07, 6.45) is 3.02. The van der Waals surface area contributed by atoms with Crippen molar-refractivity contribution in [3.05, 3.63) is 12.4 Å². The van der Waals surface area contributed by atoms with Gasteiger partial charge in [-0.25, -0.2) is 9.36 Å². The highest BCUT2D eigenvalue weighted by Gasteiger charge is 2.06. The number of hydrogen-bond donors (Lipinski definition) is 6. The summed E-state index contributed by atoms with van der Waals surface area (Å²) >= 11 is 0. The third kappa shape index (κ3) is 5.17. The molecule has 10 N–H and O–H groups in total. The van der Waals surface area contributed by atoms with Gasteiger partial charge in [-0.15, -0.1) is 0 Å². The van der Waals surface area contributed by atoms with Crippen molar-refractivity contribution in [2.75, 3.05) is 22.9 Å². The van der Waals surface area contributed by atoms with Gasteiger partial charge in [0.2, 0.25) is 0 Å². The van der Waals surface area contributed by atoms with E-state index < -0.39 is 10.4 Å². The summed E-state index contributed by atoms with van der Waals surface area (Å²) in [6.45, 7) is 1.07. The molecule has 0 aliphatic rings. The van der Waals surface area contributed by atoms with Gasteiger partial charge >= 0.3 is 10.4 Å². The van der Waals surface area contributed by atoms with E-state index in [1.165, 1.54) is 12.4 Å². The van der Waals surface area contributed by atoms with Crippen LogP contribution in [0.2, 0.25) is 0 Å². The van der Waals surface area contributed by atoms with Gasteiger partial charge in [0.05, 0.1) is 36.9 Å². The molecule has 2 aromatic rings. The third-order valence-electron chi connectivity index (χ3n) is 2.34. The Labute approximate surface area is 119 Å². The Kier molecular flexibility index (Phi) is 4.96. The van der Waals surface area contributed by atoms with Gasteiger partial charge in [0.15, 0.2) is 0 Å². The highest BCUT2D eigenvalue weighted by atomic mass is 32.3. The van der Waals surface area contributed by atoms with Crippen LogP contribution in [0.25, 0.3) is 0 Å². The van der Waals surface area contributed by atoms with Crippen LogP contribution < -0.4 is 22.9 Å². The molecule has 2 aromatic heterocycles. The van der Waals surface area contributed by atoms with Crippen LogP contribution in [0.1, 0.15) is 0 Å². The number of hydrogen-bond acceptors (Lipinski definition) is 8. The zero-order valence-corrected chi connectivity index (χ0v) is 11.6. The average molecular weight is 320 g/mol. The maximum Gasteiger partial charge on any atom is 0.394 e. The lowest BCUT2D eigenvalue weighted by Gasteiger charge is -2.06. The Bertz CT molecular complexity index is 652. The van der Waals surface area contributed by atoms with Crippen LogP contribution in [0.15, 0.2) is 12.4 Å². The number of nitrogen functional groups attached to an aromatic ring is 4. The molecule has 12 nitrogen and oxygen atoms in total. The van der Waals surface area contributed by atoms with Crippen molar-refractivity contribution >= 4 is 33.4 Å². The van der Waals surface area contributed by atoms with Crippen molar-refractivity contribution in [3.8, 4) is 0 Å². The van der Waals surface area contributed by atoms with Gasteiger partial charge in [0.1, 0.15) is 11.6 Å².